The van der Waals surface area contributed by atoms with Crippen LogP contribution in [0, 0.1) is 24.0 Å². The minimum Gasteiger partial charge on any atom is -0.389 e. The van der Waals surface area contributed by atoms with Crippen LogP contribution in [0.5, 0.6) is 0 Å². The lowest BCUT2D eigenvalue weighted by molar-refractivity contribution is -0.384. The summed E-state index contributed by atoms with van der Waals surface area (Å²) in [5.41, 5.74) is 4.15. The molecule has 1 aromatic heterocycles. The van der Waals surface area contributed by atoms with Gasteiger partial charge < -0.3 is 9.74 Å². The first-order valence-corrected chi connectivity index (χ1v) is 10.1. The standard InChI is InChI=1S/C22H26N4O3/c1-15-6-4-5-7-18(15)17(3)19-14-22(29-24-19)10-12-25(13-11-22)21-20(26(27)28)9-8-16(2)23-21/h4-9,17H,10-14H2,1-3H3. The lowest BCUT2D eigenvalue weighted by Gasteiger charge is -2.37. The topological polar surface area (TPSA) is 80.9 Å². The van der Waals surface area contributed by atoms with Gasteiger partial charge in [-0.05, 0) is 31.0 Å². The van der Waals surface area contributed by atoms with Crippen molar-refractivity contribution in [2.24, 2.45) is 5.16 Å². The molecule has 1 atom stereocenters. The lowest BCUT2D eigenvalue weighted by Crippen LogP contribution is -2.45. The molecule has 0 amide bonds. The van der Waals surface area contributed by atoms with Crippen molar-refractivity contribution in [2.75, 3.05) is 18.0 Å². The number of benzene rings is 1. The average Bonchev–Trinajstić information content (AvgIpc) is 3.12. The molecule has 7 nitrogen and oxygen atoms in total. The molecule has 1 unspecified atom stereocenters. The second kappa shape index (κ2) is 7.46. The van der Waals surface area contributed by atoms with Crippen LogP contribution in [0.1, 0.15) is 48.9 Å². The molecule has 7 heteroatoms. The minimum atomic E-state index is -0.358. The third-order valence-corrected chi connectivity index (χ3v) is 6.18. The highest BCUT2D eigenvalue weighted by atomic mass is 16.7. The molecule has 152 valence electrons. The molecule has 1 aromatic carbocycles. The molecule has 1 fully saturated rings. The summed E-state index contributed by atoms with van der Waals surface area (Å²) in [6.07, 6.45) is 2.35. The van der Waals surface area contributed by atoms with Crippen LogP contribution >= 0.6 is 0 Å². The molecule has 1 spiro atoms. The second-order valence-electron chi connectivity index (χ2n) is 8.15. The third-order valence-electron chi connectivity index (χ3n) is 6.18. The monoisotopic (exact) mass is 394 g/mol. The van der Waals surface area contributed by atoms with E-state index in [1.165, 1.54) is 11.1 Å². The molecule has 4 rings (SSSR count). The second-order valence-corrected chi connectivity index (χ2v) is 8.15. The van der Waals surface area contributed by atoms with Crippen LogP contribution in [0.2, 0.25) is 0 Å². The van der Waals surface area contributed by atoms with Gasteiger partial charge in [0.05, 0.1) is 10.6 Å². The van der Waals surface area contributed by atoms with Crippen molar-refractivity contribution >= 4 is 17.2 Å². The fourth-order valence-corrected chi connectivity index (χ4v) is 4.34. The molecule has 3 heterocycles. The molecule has 0 bridgehead atoms. The van der Waals surface area contributed by atoms with E-state index in [1.54, 1.807) is 12.1 Å². The van der Waals surface area contributed by atoms with Crippen LogP contribution in [-0.2, 0) is 4.84 Å². The summed E-state index contributed by atoms with van der Waals surface area (Å²) in [5.74, 6) is 0.672. The van der Waals surface area contributed by atoms with Crippen molar-refractivity contribution in [2.45, 2.75) is 51.6 Å². The number of hydrogen-bond donors (Lipinski definition) is 0. The summed E-state index contributed by atoms with van der Waals surface area (Å²) >= 11 is 0. The van der Waals surface area contributed by atoms with Gasteiger partial charge in [0.2, 0.25) is 5.82 Å². The van der Waals surface area contributed by atoms with Gasteiger partial charge in [-0.25, -0.2) is 4.98 Å². The summed E-state index contributed by atoms with van der Waals surface area (Å²) in [6.45, 7) is 7.49. The fraction of sp³-hybridized carbons (Fsp3) is 0.455. The maximum atomic E-state index is 11.4. The fourth-order valence-electron chi connectivity index (χ4n) is 4.34. The van der Waals surface area contributed by atoms with E-state index in [-0.39, 0.29) is 22.1 Å². The van der Waals surface area contributed by atoms with Crippen molar-refractivity contribution in [3.63, 3.8) is 0 Å². The zero-order valence-electron chi connectivity index (χ0n) is 17.1. The number of hydrogen-bond acceptors (Lipinski definition) is 6. The molecule has 29 heavy (non-hydrogen) atoms. The predicted octanol–water partition coefficient (Wildman–Crippen LogP) is 4.53. The predicted molar refractivity (Wildman–Crippen MR) is 113 cm³/mol. The van der Waals surface area contributed by atoms with E-state index in [0.717, 1.165) is 30.7 Å². The quantitative estimate of drug-likeness (QED) is 0.562. The van der Waals surface area contributed by atoms with E-state index >= 15 is 0 Å². The van der Waals surface area contributed by atoms with E-state index in [4.69, 9.17) is 4.84 Å². The number of oxime groups is 1. The molecule has 2 aromatic rings. The average molecular weight is 394 g/mol. The molecular formula is C22H26N4O3. The van der Waals surface area contributed by atoms with Gasteiger partial charge in [-0.15, -0.1) is 0 Å². The van der Waals surface area contributed by atoms with Crippen LogP contribution in [0.3, 0.4) is 0 Å². The van der Waals surface area contributed by atoms with Gasteiger partial charge in [0.25, 0.3) is 0 Å². The molecular weight excluding hydrogens is 368 g/mol. The molecule has 0 radical (unpaired) electrons. The van der Waals surface area contributed by atoms with Crippen molar-refractivity contribution < 1.29 is 9.76 Å². The maximum Gasteiger partial charge on any atom is 0.311 e. The van der Waals surface area contributed by atoms with Crippen molar-refractivity contribution in [3.05, 3.63) is 63.3 Å². The Hall–Kier alpha value is -2.96. The maximum absolute atomic E-state index is 11.4. The van der Waals surface area contributed by atoms with E-state index < -0.39 is 0 Å². The van der Waals surface area contributed by atoms with E-state index in [1.807, 2.05) is 17.9 Å². The largest absolute Gasteiger partial charge is 0.389 e. The number of piperidine rings is 1. The number of rotatable bonds is 4. The number of nitro groups is 1. The van der Waals surface area contributed by atoms with E-state index in [2.05, 4.69) is 42.2 Å². The Labute approximate surface area is 170 Å². The number of pyridine rings is 1. The van der Waals surface area contributed by atoms with Gasteiger partial charge in [0.1, 0.15) is 5.60 Å². The van der Waals surface area contributed by atoms with Gasteiger partial charge in [-0.2, -0.15) is 0 Å². The number of aryl methyl sites for hydroxylation is 2. The molecule has 2 aliphatic heterocycles. The Balaban J connectivity index is 1.45. The van der Waals surface area contributed by atoms with Crippen LogP contribution in [0.15, 0.2) is 41.6 Å². The first kappa shape index (κ1) is 19.4. The SMILES string of the molecule is Cc1ccc([N+](=O)[O-])c(N2CCC3(CC2)CC(C(C)c2ccccc2C)=NO3)n1. The van der Waals surface area contributed by atoms with Crippen molar-refractivity contribution in [1.82, 2.24) is 4.98 Å². The number of aromatic nitrogens is 1. The number of anilines is 1. The van der Waals surface area contributed by atoms with Crippen LogP contribution in [0.4, 0.5) is 11.5 Å². The molecule has 0 saturated carbocycles. The lowest BCUT2D eigenvalue weighted by atomic mass is 9.82. The zero-order valence-corrected chi connectivity index (χ0v) is 17.1. The zero-order chi connectivity index (χ0) is 20.6. The van der Waals surface area contributed by atoms with Crippen LogP contribution in [-0.4, -0.2) is 34.3 Å². The molecule has 2 aliphatic rings. The van der Waals surface area contributed by atoms with Crippen LogP contribution < -0.4 is 4.90 Å². The third kappa shape index (κ3) is 3.69. The minimum absolute atomic E-state index is 0.0593. The van der Waals surface area contributed by atoms with Gasteiger partial charge in [-0.1, -0.05) is 36.3 Å². The number of nitrogens with zero attached hydrogens (tertiary/aromatic N) is 4. The summed E-state index contributed by atoms with van der Waals surface area (Å²) < 4.78 is 0. The van der Waals surface area contributed by atoms with E-state index in [0.29, 0.717) is 18.9 Å². The normalized spacial score (nSPS) is 19.0. The molecule has 1 saturated heterocycles. The van der Waals surface area contributed by atoms with Crippen molar-refractivity contribution in [3.8, 4) is 0 Å². The highest BCUT2D eigenvalue weighted by Crippen LogP contribution is 2.40. The van der Waals surface area contributed by atoms with E-state index in [9.17, 15) is 10.1 Å². The Morgan fingerprint density at radius 1 is 1.17 bits per heavy atom. The van der Waals surface area contributed by atoms with Gasteiger partial charge in [0, 0.05) is 50.0 Å². The summed E-state index contributed by atoms with van der Waals surface area (Å²) in [6, 6.07) is 11.6. The Bertz CT molecular complexity index is 964. The molecule has 0 N–H and O–H groups in total. The Morgan fingerprint density at radius 2 is 1.90 bits per heavy atom. The van der Waals surface area contributed by atoms with Gasteiger partial charge >= 0.3 is 5.69 Å². The van der Waals surface area contributed by atoms with Crippen molar-refractivity contribution in [1.29, 1.82) is 0 Å². The molecule has 0 aliphatic carbocycles. The Kier molecular flexibility index (Phi) is 4.98. The van der Waals surface area contributed by atoms with Gasteiger partial charge in [0.15, 0.2) is 0 Å². The first-order valence-electron chi connectivity index (χ1n) is 10.1. The summed E-state index contributed by atoms with van der Waals surface area (Å²) in [4.78, 5) is 23.5. The first-order chi connectivity index (χ1) is 13.9. The smallest absolute Gasteiger partial charge is 0.311 e. The summed E-state index contributed by atoms with van der Waals surface area (Å²) in [7, 11) is 0. The highest BCUT2D eigenvalue weighted by Gasteiger charge is 2.44. The highest BCUT2D eigenvalue weighted by molar-refractivity contribution is 5.92. The summed E-state index contributed by atoms with van der Waals surface area (Å²) in [5, 5.41) is 15.9. The Morgan fingerprint density at radius 3 is 2.59 bits per heavy atom. The van der Waals surface area contributed by atoms with Gasteiger partial charge in [-0.3, -0.25) is 10.1 Å². The van der Waals surface area contributed by atoms with Crippen LogP contribution in [0.25, 0.3) is 0 Å².